The van der Waals surface area contributed by atoms with Gasteiger partial charge in [0.2, 0.25) is 0 Å². The van der Waals surface area contributed by atoms with Gasteiger partial charge in [-0.15, -0.1) is 0 Å². The molecule has 3 N–H and O–H groups in total. The first-order chi connectivity index (χ1) is 9.66. The predicted octanol–water partition coefficient (Wildman–Crippen LogP) is 1.79. The van der Waals surface area contributed by atoms with Crippen molar-refractivity contribution in [1.82, 2.24) is 15.2 Å². The molecule has 0 saturated heterocycles. The molecule has 20 heavy (non-hydrogen) atoms. The number of rotatable bonds is 8. The highest BCUT2D eigenvalue weighted by molar-refractivity contribution is 5.10. The van der Waals surface area contributed by atoms with Crippen LogP contribution in [0.5, 0.6) is 0 Å². The number of hydrogen-bond acceptors (Lipinski definition) is 4. The van der Waals surface area contributed by atoms with Crippen LogP contribution in [0.1, 0.15) is 44.5 Å². The van der Waals surface area contributed by atoms with Gasteiger partial charge in [-0.05, 0) is 52.0 Å². The van der Waals surface area contributed by atoms with Crippen LogP contribution in [-0.4, -0.2) is 28.5 Å². The van der Waals surface area contributed by atoms with E-state index in [1.54, 1.807) is 0 Å². The Balaban J connectivity index is 1.83. The van der Waals surface area contributed by atoms with Crippen LogP contribution in [0, 0.1) is 12.8 Å². The first kappa shape index (κ1) is 15.5. The summed E-state index contributed by atoms with van der Waals surface area (Å²) in [7, 11) is 0. The molecule has 1 aliphatic carbocycles. The molecule has 0 spiro atoms. The average molecular weight is 280 g/mol. The van der Waals surface area contributed by atoms with E-state index in [1.807, 2.05) is 6.92 Å². The molecule has 1 heterocycles. The molecule has 1 aromatic heterocycles. The smallest absolute Gasteiger partial charge is 0.0596 e. The van der Waals surface area contributed by atoms with Gasteiger partial charge in [-0.25, -0.2) is 0 Å². The van der Waals surface area contributed by atoms with Gasteiger partial charge in [0.05, 0.1) is 11.8 Å². The van der Waals surface area contributed by atoms with Gasteiger partial charge in [-0.1, -0.05) is 0 Å². The van der Waals surface area contributed by atoms with E-state index in [-0.39, 0.29) is 0 Å². The Labute approximate surface area is 121 Å². The number of hydrazine groups is 1. The maximum atomic E-state index is 5.73. The number of aryl methyl sites for hydroxylation is 2. The summed E-state index contributed by atoms with van der Waals surface area (Å²) in [6.07, 6.45) is 4.90. The lowest BCUT2D eigenvalue weighted by Crippen LogP contribution is -2.42. The van der Waals surface area contributed by atoms with Gasteiger partial charge in [0.25, 0.3) is 0 Å². The quantitative estimate of drug-likeness (QED) is 0.563. The normalized spacial score (nSPS) is 23.6. The summed E-state index contributed by atoms with van der Waals surface area (Å²) in [4.78, 5) is 0. The molecule has 1 saturated carbocycles. The van der Waals surface area contributed by atoms with Crippen LogP contribution >= 0.6 is 0 Å². The lowest BCUT2D eigenvalue weighted by molar-refractivity contribution is -0.0290. The third-order valence-electron chi connectivity index (χ3n) is 4.19. The third-order valence-corrected chi connectivity index (χ3v) is 4.19. The van der Waals surface area contributed by atoms with E-state index in [2.05, 4.69) is 35.1 Å². The van der Waals surface area contributed by atoms with Crippen molar-refractivity contribution in [3.63, 3.8) is 0 Å². The molecule has 0 aliphatic heterocycles. The molecule has 0 amide bonds. The van der Waals surface area contributed by atoms with E-state index in [0.29, 0.717) is 12.1 Å². The molecule has 1 fully saturated rings. The number of hydrogen-bond donors (Lipinski definition) is 2. The zero-order valence-electron chi connectivity index (χ0n) is 12.9. The fraction of sp³-hybridized carbons (Fsp3) is 0.800. The molecule has 1 atom stereocenters. The van der Waals surface area contributed by atoms with Crippen LogP contribution in [0.15, 0.2) is 6.07 Å². The Morgan fingerprint density at radius 2 is 2.25 bits per heavy atom. The summed E-state index contributed by atoms with van der Waals surface area (Å²) in [5.74, 6) is 6.47. The predicted molar refractivity (Wildman–Crippen MR) is 80.2 cm³/mol. The summed E-state index contributed by atoms with van der Waals surface area (Å²) >= 11 is 0. The zero-order chi connectivity index (χ0) is 14.5. The van der Waals surface area contributed by atoms with E-state index in [1.165, 1.54) is 18.5 Å². The zero-order valence-corrected chi connectivity index (χ0v) is 12.9. The largest absolute Gasteiger partial charge is 0.378 e. The van der Waals surface area contributed by atoms with E-state index >= 15 is 0 Å². The first-order valence-corrected chi connectivity index (χ1v) is 7.77. The molecule has 0 bridgehead atoms. The number of aromatic nitrogens is 2. The van der Waals surface area contributed by atoms with Crippen LogP contribution in [0.2, 0.25) is 0 Å². The van der Waals surface area contributed by atoms with Crippen LogP contribution in [0.3, 0.4) is 0 Å². The summed E-state index contributed by atoms with van der Waals surface area (Å²) < 4.78 is 7.69. The molecular formula is C15H28N4O. The van der Waals surface area contributed by atoms with Gasteiger partial charge < -0.3 is 4.74 Å². The molecule has 0 radical (unpaired) electrons. The summed E-state index contributed by atoms with van der Waals surface area (Å²) in [6.45, 7) is 7.96. The Hall–Kier alpha value is -0.910. The van der Waals surface area contributed by atoms with Gasteiger partial charge in [0, 0.05) is 31.3 Å². The highest BCUT2D eigenvalue weighted by Gasteiger charge is 2.31. The van der Waals surface area contributed by atoms with Gasteiger partial charge in [0.1, 0.15) is 0 Å². The number of nitrogens with one attached hydrogen (secondary N) is 1. The van der Waals surface area contributed by atoms with Crippen LogP contribution in [0.4, 0.5) is 0 Å². The minimum Gasteiger partial charge on any atom is -0.378 e. The number of nitrogens with zero attached hydrogens (tertiary/aromatic N) is 2. The highest BCUT2D eigenvalue weighted by atomic mass is 16.5. The van der Waals surface area contributed by atoms with Gasteiger partial charge >= 0.3 is 0 Å². The SMILES string of the molecule is CCOC1CC(CC(Cc2cc(C)nn2CC)NN)C1. The fourth-order valence-corrected chi connectivity index (χ4v) is 3.14. The molecule has 5 nitrogen and oxygen atoms in total. The molecule has 0 aromatic carbocycles. The second kappa shape index (κ2) is 7.20. The highest BCUT2D eigenvalue weighted by Crippen LogP contribution is 2.34. The molecule has 5 heteroatoms. The monoisotopic (exact) mass is 280 g/mol. The van der Waals surface area contributed by atoms with E-state index in [4.69, 9.17) is 10.6 Å². The minimum atomic E-state index is 0.323. The Morgan fingerprint density at radius 3 is 2.85 bits per heavy atom. The Morgan fingerprint density at radius 1 is 1.50 bits per heavy atom. The van der Waals surface area contributed by atoms with Crippen molar-refractivity contribution >= 4 is 0 Å². The third kappa shape index (κ3) is 3.81. The standard InChI is InChI=1S/C15H28N4O/c1-4-19-14(6-11(3)18-19)10-13(17-16)7-12-8-15(9-12)20-5-2/h6,12-13,15,17H,4-5,7-10,16H2,1-3H3. The number of nitrogens with two attached hydrogens (primary N) is 1. The van der Waals surface area contributed by atoms with Gasteiger partial charge in [-0.3, -0.25) is 16.0 Å². The lowest BCUT2D eigenvalue weighted by atomic mass is 9.77. The van der Waals surface area contributed by atoms with Crippen molar-refractivity contribution in [2.45, 2.75) is 65.1 Å². The van der Waals surface area contributed by atoms with E-state index < -0.39 is 0 Å². The lowest BCUT2D eigenvalue weighted by Gasteiger charge is -2.36. The molecule has 1 unspecified atom stereocenters. The van der Waals surface area contributed by atoms with Crippen molar-refractivity contribution in [1.29, 1.82) is 0 Å². The maximum Gasteiger partial charge on any atom is 0.0596 e. The average Bonchev–Trinajstić information content (AvgIpc) is 2.75. The van der Waals surface area contributed by atoms with Crippen molar-refractivity contribution in [2.24, 2.45) is 11.8 Å². The fourth-order valence-electron chi connectivity index (χ4n) is 3.14. The first-order valence-electron chi connectivity index (χ1n) is 7.77. The van der Waals surface area contributed by atoms with Gasteiger partial charge in [0.15, 0.2) is 0 Å². The van der Waals surface area contributed by atoms with Crippen molar-refractivity contribution in [3.8, 4) is 0 Å². The molecule has 114 valence electrons. The molecule has 1 aliphatic rings. The topological polar surface area (TPSA) is 65.1 Å². The second-order valence-electron chi connectivity index (χ2n) is 5.81. The number of ether oxygens (including phenoxy) is 1. The van der Waals surface area contributed by atoms with E-state index in [9.17, 15) is 0 Å². The molecular weight excluding hydrogens is 252 g/mol. The van der Waals surface area contributed by atoms with Crippen LogP contribution in [0.25, 0.3) is 0 Å². The minimum absolute atomic E-state index is 0.323. The Bertz CT molecular complexity index is 412. The summed E-state index contributed by atoms with van der Waals surface area (Å²) in [5.41, 5.74) is 5.33. The van der Waals surface area contributed by atoms with Crippen LogP contribution in [-0.2, 0) is 17.7 Å². The summed E-state index contributed by atoms with van der Waals surface area (Å²) in [5, 5.41) is 4.49. The van der Waals surface area contributed by atoms with E-state index in [0.717, 1.165) is 37.6 Å². The second-order valence-corrected chi connectivity index (χ2v) is 5.81. The maximum absolute atomic E-state index is 5.73. The van der Waals surface area contributed by atoms with Crippen molar-refractivity contribution < 1.29 is 4.74 Å². The molecule has 1 aromatic rings. The Kier molecular flexibility index (Phi) is 5.57. The molecule has 2 rings (SSSR count). The summed E-state index contributed by atoms with van der Waals surface area (Å²) in [6, 6.07) is 2.49. The van der Waals surface area contributed by atoms with Crippen molar-refractivity contribution in [3.05, 3.63) is 17.5 Å². The van der Waals surface area contributed by atoms with Crippen molar-refractivity contribution in [2.75, 3.05) is 6.61 Å². The van der Waals surface area contributed by atoms with Gasteiger partial charge in [-0.2, -0.15) is 5.10 Å². The van der Waals surface area contributed by atoms with Crippen LogP contribution < -0.4 is 11.3 Å².